The van der Waals surface area contributed by atoms with Crippen LogP contribution in [-0.2, 0) is 0 Å². The van der Waals surface area contributed by atoms with Crippen LogP contribution in [0, 0.1) is 46.3 Å². The van der Waals surface area contributed by atoms with Crippen molar-refractivity contribution in [1.29, 1.82) is 0 Å². The molecule has 9 atom stereocenters. The zero-order valence-corrected chi connectivity index (χ0v) is 18.7. The Morgan fingerprint density at radius 2 is 2.03 bits per heavy atom. The maximum absolute atomic E-state index is 10.2. The van der Waals surface area contributed by atoms with Crippen LogP contribution in [0.1, 0.15) is 106 Å². The van der Waals surface area contributed by atoms with E-state index in [2.05, 4.69) is 26.8 Å². The lowest BCUT2D eigenvalue weighted by Crippen LogP contribution is -2.50. The van der Waals surface area contributed by atoms with Gasteiger partial charge in [-0.15, -0.1) is 0 Å². The third-order valence-electron chi connectivity index (χ3n) is 10.1. The van der Waals surface area contributed by atoms with Gasteiger partial charge >= 0.3 is 0 Å². The molecule has 29 heavy (non-hydrogen) atoms. The molecule has 0 spiro atoms. The summed E-state index contributed by atoms with van der Waals surface area (Å²) >= 11 is 0. The topological polar surface area (TPSA) is 40.5 Å². The van der Waals surface area contributed by atoms with Crippen molar-refractivity contribution in [2.45, 2.75) is 104 Å². The largest absolute Gasteiger partial charge is 0.396 e. The minimum absolute atomic E-state index is 0.174. The SMILES string of the molecule is [2H]C([2H])([2H])[C@]([2H])(CCC[C@@H](C)[C@H]1CC[C@H]2[C@@H]3CC=C4C[C@@H](O)CC[C@]4(C)[C@H]3CC[C@]12C)C([2H])([2H])O. The van der Waals surface area contributed by atoms with Crippen LogP contribution in [0.2, 0.25) is 0 Å². The average molecular weight is 409 g/mol. The number of hydrogen-bond acceptors (Lipinski definition) is 2. The van der Waals surface area contributed by atoms with Gasteiger partial charge in [-0.2, -0.15) is 0 Å². The Bertz CT molecular complexity index is 805. The van der Waals surface area contributed by atoms with E-state index in [0.29, 0.717) is 36.0 Å². The third-order valence-corrected chi connectivity index (χ3v) is 10.1. The quantitative estimate of drug-likeness (QED) is 0.502. The monoisotopic (exact) mass is 408 g/mol. The van der Waals surface area contributed by atoms with Crippen molar-refractivity contribution in [1.82, 2.24) is 0 Å². The number of allylic oxidation sites excluding steroid dienone is 1. The highest BCUT2D eigenvalue weighted by Gasteiger charge is 2.59. The standard InChI is InChI=1S/C27H46O2/c1-18(17-28)6-5-7-19(2)23-10-11-24-22-9-8-20-16-21(29)12-14-26(20,3)25(22)13-15-27(23,24)4/h8,18-19,21-25,28-29H,5-7,9-17H2,1-4H3/t18-,19-,21+,22+,23-,24+,25+,26+,27-/m1/s1/i1D3,17D2,18D. The predicted octanol–water partition coefficient (Wildman–Crippen LogP) is 6.36. The molecule has 2 nitrogen and oxygen atoms in total. The first kappa shape index (κ1) is 15.5. The second kappa shape index (κ2) is 8.30. The Labute approximate surface area is 188 Å². The summed E-state index contributed by atoms with van der Waals surface area (Å²) in [4.78, 5) is 0. The molecular formula is C27H46O2. The Balaban J connectivity index is 1.43. The van der Waals surface area contributed by atoms with Crippen LogP contribution in [-0.4, -0.2) is 22.9 Å². The van der Waals surface area contributed by atoms with E-state index in [1.165, 1.54) is 31.3 Å². The lowest BCUT2D eigenvalue weighted by molar-refractivity contribution is -0.0573. The van der Waals surface area contributed by atoms with Gasteiger partial charge in [0.15, 0.2) is 0 Å². The van der Waals surface area contributed by atoms with Crippen molar-refractivity contribution in [3.05, 3.63) is 11.6 Å². The Morgan fingerprint density at radius 1 is 1.21 bits per heavy atom. The summed E-state index contributed by atoms with van der Waals surface area (Å²) in [6.45, 7) is 1.25. The molecule has 0 aromatic heterocycles. The molecule has 4 rings (SSSR count). The fraction of sp³-hybridized carbons (Fsp3) is 0.926. The van der Waals surface area contributed by atoms with Crippen molar-refractivity contribution in [2.75, 3.05) is 6.56 Å². The number of aliphatic hydroxyl groups is 2. The van der Waals surface area contributed by atoms with Crippen LogP contribution in [0.15, 0.2) is 11.6 Å². The first-order valence-electron chi connectivity index (χ1n) is 15.1. The molecule has 3 fully saturated rings. The lowest BCUT2D eigenvalue weighted by atomic mass is 9.47. The highest BCUT2D eigenvalue weighted by atomic mass is 16.3. The molecule has 0 unspecified atom stereocenters. The van der Waals surface area contributed by atoms with Gasteiger partial charge in [-0.05, 0) is 104 Å². The van der Waals surface area contributed by atoms with Crippen LogP contribution < -0.4 is 0 Å². The van der Waals surface area contributed by atoms with Gasteiger partial charge in [-0.3, -0.25) is 0 Å². The zero-order valence-electron chi connectivity index (χ0n) is 24.7. The molecule has 2 heteroatoms. The van der Waals surface area contributed by atoms with Crippen molar-refractivity contribution >= 4 is 0 Å². The highest BCUT2D eigenvalue weighted by molar-refractivity contribution is 5.25. The van der Waals surface area contributed by atoms with Crippen LogP contribution in [0.4, 0.5) is 0 Å². The number of fused-ring (bicyclic) bond motifs is 5. The van der Waals surface area contributed by atoms with Gasteiger partial charge in [-0.25, -0.2) is 0 Å². The first-order valence-corrected chi connectivity index (χ1v) is 12.1. The summed E-state index contributed by atoms with van der Waals surface area (Å²) in [5.74, 6) is 0.528. The van der Waals surface area contributed by atoms with Crippen LogP contribution in [0.5, 0.6) is 0 Å². The predicted molar refractivity (Wildman–Crippen MR) is 120 cm³/mol. The maximum Gasteiger partial charge on any atom is 0.0577 e. The molecule has 3 saturated carbocycles. The molecule has 166 valence electrons. The minimum Gasteiger partial charge on any atom is -0.396 e. The van der Waals surface area contributed by atoms with Crippen molar-refractivity contribution in [3.8, 4) is 0 Å². The summed E-state index contributed by atoms with van der Waals surface area (Å²) in [6.07, 6.45) is 12.2. The number of rotatable bonds is 6. The molecule has 0 amide bonds. The van der Waals surface area contributed by atoms with Crippen molar-refractivity contribution in [2.24, 2.45) is 46.3 Å². The van der Waals surface area contributed by atoms with Crippen molar-refractivity contribution < 1.29 is 18.4 Å². The molecule has 0 aromatic carbocycles. The van der Waals surface area contributed by atoms with E-state index < -0.39 is 19.3 Å². The highest BCUT2D eigenvalue weighted by Crippen LogP contribution is 2.67. The summed E-state index contributed by atoms with van der Waals surface area (Å²) in [5.41, 5.74) is 2.01. The van der Waals surface area contributed by atoms with Gasteiger partial charge in [0.2, 0.25) is 0 Å². The zero-order chi connectivity index (χ0) is 26.0. The van der Waals surface area contributed by atoms with Crippen molar-refractivity contribution in [3.63, 3.8) is 0 Å². The fourth-order valence-electron chi connectivity index (χ4n) is 8.47. The van der Waals surface area contributed by atoms with E-state index in [-0.39, 0.29) is 23.4 Å². The molecular weight excluding hydrogens is 356 g/mol. The molecule has 0 bridgehead atoms. The van der Waals surface area contributed by atoms with Gasteiger partial charge in [0, 0.05) is 12.0 Å². The van der Waals surface area contributed by atoms with Crippen LogP contribution in [0.25, 0.3) is 0 Å². The van der Waals surface area contributed by atoms with Crippen LogP contribution >= 0.6 is 0 Å². The third kappa shape index (κ3) is 3.75. The van der Waals surface area contributed by atoms with Gasteiger partial charge in [0.1, 0.15) is 0 Å². The molecule has 0 saturated heterocycles. The average Bonchev–Trinajstić information content (AvgIpc) is 3.09. The van der Waals surface area contributed by atoms with E-state index in [9.17, 15) is 10.2 Å². The van der Waals surface area contributed by atoms with Gasteiger partial charge in [0.25, 0.3) is 0 Å². The molecule has 4 aliphatic rings. The normalized spacial score (nSPS) is 51.3. The number of aliphatic hydroxyl groups excluding tert-OH is 1. The lowest BCUT2D eigenvalue weighted by Gasteiger charge is -2.58. The summed E-state index contributed by atoms with van der Waals surface area (Å²) in [7, 11) is 0. The molecule has 0 aromatic rings. The van der Waals surface area contributed by atoms with E-state index >= 15 is 0 Å². The van der Waals surface area contributed by atoms with E-state index in [1.54, 1.807) is 0 Å². The molecule has 4 aliphatic carbocycles. The Hall–Kier alpha value is -0.340. The minimum atomic E-state index is -3.07. The second-order valence-electron chi connectivity index (χ2n) is 11.3. The summed E-state index contributed by atoms with van der Waals surface area (Å²) in [6, 6.07) is 0. The van der Waals surface area contributed by atoms with Gasteiger partial charge in [0.05, 0.1) is 8.85 Å². The number of hydrogen-bond donors (Lipinski definition) is 2. The summed E-state index contributed by atoms with van der Waals surface area (Å²) < 4.78 is 46.4. The molecule has 2 N–H and O–H groups in total. The van der Waals surface area contributed by atoms with Gasteiger partial charge in [-0.1, -0.05) is 52.1 Å². The first-order chi connectivity index (χ1) is 16.0. The molecule has 0 aliphatic heterocycles. The van der Waals surface area contributed by atoms with E-state index in [0.717, 1.165) is 32.1 Å². The smallest absolute Gasteiger partial charge is 0.0577 e. The fourth-order valence-corrected chi connectivity index (χ4v) is 8.47. The van der Waals surface area contributed by atoms with E-state index in [1.807, 2.05) is 0 Å². The Morgan fingerprint density at radius 3 is 2.79 bits per heavy atom. The molecule has 0 heterocycles. The maximum atomic E-state index is 10.2. The van der Waals surface area contributed by atoms with Crippen LogP contribution in [0.3, 0.4) is 0 Å². The van der Waals surface area contributed by atoms with E-state index in [4.69, 9.17) is 8.22 Å². The molecule has 0 radical (unpaired) electrons. The second-order valence-corrected chi connectivity index (χ2v) is 11.3. The van der Waals surface area contributed by atoms with Gasteiger partial charge < -0.3 is 10.2 Å². The Kier molecular flexibility index (Phi) is 4.43. The summed E-state index contributed by atoms with van der Waals surface area (Å²) in [5, 5.41) is 20.1.